The minimum atomic E-state index is -0.0951. The molecule has 1 atom stereocenters. The first-order valence-corrected chi connectivity index (χ1v) is 4.19. The molecule has 1 heterocycles. The van der Waals surface area contributed by atoms with Gasteiger partial charge in [-0.25, -0.2) is 0 Å². The molecule has 4 heteroatoms. The van der Waals surface area contributed by atoms with E-state index in [9.17, 15) is 0 Å². The third-order valence-electron chi connectivity index (χ3n) is 1.71. The molecular formula is C8H12ClN3. The van der Waals surface area contributed by atoms with Gasteiger partial charge in [0.2, 0.25) is 0 Å². The minimum absolute atomic E-state index is 0.0951. The molecule has 0 fully saturated rings. The normalized spacial score (nSPS) is 12.9. The van der Waals surface area contributed by atoms with Crippen LogP contribution in [0.15, 0.2) is 12.3 Å². The van der Waals surface area contributed by atoms with Crippen LogP contribution >= 0.6 is 11.6 Å². The second kappa shape index (κ2) is 3.74. The molecule has 0 spiro atoms. The molecule has 0 saturated heterocycles. The summed E-state index contributed by atoms with van der Waals surface area (Å²) in [6.45, 7) is 1.99. The standard InChI is InChI=1S/C8H12ClN3/c1-2-6(10)8-7(11)3-5(9)4-12-8/h3-4,6H,2,10-11H2,1H3. The summed E-state index contributed by atoms with van der Waals surface area (Å²) in [5.41, 5.74) is 12.7. The fraction of sp³-hybridized carbons (Fsp3) is 0.375. The van der Waals surface area contributed by atoms with Gasteiger partial charge in [0.1, 0.15) is 0 Å². The summed E-state index contributed by atoms with van der Waals surface area (Å²) in [6.07, 6.45) is 2.38. The molecule has 0 amide bonds. The van der Waals surface area contributed by atoms with Crippen LogP contribution in [0, 0.1) is 0 Å². The molecular weight excluding hydrogens is 174 g/mol. The molecule has 0 aromatic carbocycles. The number of hydrogen-bond donors (Lipinski definition) is 2. The fourth-order valence-corrected chi connectivity index (χ4v) is 1.14. The van der Waals surface area contributed by atoms with E-state index in [0.29, 0.717) is 10.7 Å². The van der Waals surface area contributed by atoms with Gasteiger partial charge in [-0.1, -0.05) is 18.5 Å². The number of halogens is 1. The van der Waals surface area contributed by atoms with Gasteiger partial charge in [0, 0.05) is 12.2 Å². The number of aromatic nitrogens is 1. The Kier molecular flexibility index (Phi) is 2.89. The van der Waals surface area contributed by atoms with Crippen LogP contribution in [0.5, 0.6) is 0 Å². The maximum Gasteiger partial charge on any atom is 0.0800 e. The second-order valence-electron chi connectivity index (χ2n) is 2.64. The van der Waals surface area contributed by atoms with Gasteiger partial charge in [-0.3, -0.25) is 4.98 Å². The zero-order chi connectivity index (χ0) is 9.14. The summed E-state index contributed by atoms with van der Waals surface area (Å²) in [5, 5.41) is 0.541. The van der Waals surface area contributed by atoms with E-state index < -0.39 is 0 Å². The lowest BCUT2D eigenvalue weighted by molar-refractivity contribution is 0.678. The predicted octanol–water partition coefficient (Wildman–Crippen LogP) is 1.73. The number of nitrogens with zero attached hydrogens (tertiary/aromatic N) is 1. The zero-order valence-corrected chi connectivity index (χ0v) is 7.67. The van der Waals surface area contributed by atoms with Gasteiger partial charge in [-0.05, 0) is 12.5 Å². The lowest BCUT2D eigenvalue weighted by Gasteiger charge is -2.10. The molecule has 0 saturated carbocycles. The van der Waals surface area contributed by atoms with Crippen LogP contribution in [0.4, 0.5) is 5.69 Å². The summed E-state index contributed by atoms with van der Waals surface area (Å²) in [5.74, 6) is 0. The van der Waals surface area contributed by atoms with Crippen LogP contribution < -0.4 is 11.5 Å². The Hall–Kier alpha value is -0.800. The van der Waals surface area contributed by atoms with Crippen molar-refractivity contribution in [2.45, 2.75) is 19.4 Å². The number of hydrogen-bond acceptors (Lipinski definition) is 3. The second-order valence-corrected chi connectivity index (χ2v) is 3.08. The smallest absolute Gasteiger partial charge is 0.0800 e. The highest BCUT2D eigenvalue weighted by Gasteiger charge is 2.08. The van der Waals surface area contributed by atoms with Crippen molar-refractivity contribution in [3.63, 3.8) is 0 Å². The quantitative estimate of drug-likeness (QED) is 0.738. The van der Waals surface area contributed by atoms with Gasteiger partial charge >= 0.3 is 0 Å². The fourth-order valence-electron chi connectivity index (χ4n) is 0.969. The van der Waals surface area contributed by atoms with E-state index in [2.05, 4.69) is 4.98 Å². The molecule has 0 aliphatic rings. The highest BCUT2D eigenvalue weighted by Crippen LogP contribution is 2.21. The van der Waals surface area contributed by atoms with E-state index in [4.69, 9.17) is 23.1 Å². The van der Waals surface area contributed by atoms with Crippen LogP contribution in [-0.4, -0.2) is 4.98 Å². The lowest BCUT2D eigenvalue weighted by atomic mass is 10.1. The Balaban J connectivity index is 3.01. The number of nitrogen functional groups attached to an aromatic ring is 1. The third-order valence-corrected chi connectivity index (χ3v) is 1.91. The monoisotopic (exact) mass is 185 g/mol. The number of pyridine rings is 1. The molecule has 1 aromatic heterocycles. The number of anilines is 1. The van der Waals surface area contributed by atoms with Crippen molar-refractivity contribution < 1.29 is 0 Å². The lowest BCUT2D eigenvalue weighted by Crippen LogP contribution is -2.12. The van der Waals surface area contributed by atoms with Crippen LogP contribution in [0.25, 0.3) is 0 Å². The van der Waals surface area contributed by atoms with E-state index in [0.717, 1.165) is 12.1 Å². The molecule has 1 unspecified atom stereocenters. The maximum absolute atomic E-state index is 5.76. The van der Waals surface area contributed by atoms with Crippen LogP contribution in [-0.2, 0) is 0 Å². The largest absolute Gasteiger partial charge is 0.397 e. The van der Waals surface area contributed by atoms with Crippen molar-refractivity contribution in [1.82, 2.24) is 4.98 Å². The third kappa shape index (κ3) is 1.87. The average Bonchev–Trinajstić information content (AvgIpc) is 2.03. The Morgan fingerprint density at radius 2 is 2.33 bits per heavy atom. The van der Waals surface area contributed by atoms with Crippen LogP contribution in [0.1, 0.15) is 25.1 Å². The molecule has 3 nitrogen and oxygen atoms in total. The highest BCUT2D eigenvalue weighted by molar-refractivity contribution is 6.30. The Labute approximate surface area is 76.7 Å². The molecule has 12 heavy (non-hydrogen) atoms. The van der Waals surface area contributed by atoms with E-state index in [1.54, 1.807) is 12.3 Å². The summed E-state index contributed by atoms with van der Waals surface area (Å²) in [7, 11) is 0. The van der Waals surface area contributed by atoms with Crippen molar-refractivity contribution in [2.24, 2.45) is 5.73 Å². The molecule has 0 radical (unpaired) electrons. The van der Waals surface area contributed by atoms with Crippen molar-refractivity contribution >= 4 is 17.3 Å². The first-order chi connectivity index (χ1) is 5.65. The van der Waals surface area contributed by atoms with Gasteiger partial charge in [-0.2, -0.15) is 0 Å². The Morgan fingerprint density at radius 1 is 1.67 bits per heavy atom. The van der Waals surface area contributed by atoms with E-state index >= 15 is 0 Å². The number of nitrogens with two attached hydrogens (primary N) is 2. The van der Waals surface area contributed by atoms with Gasteiger partial charge in [0.25, 0.3) is 0 Å². The molecule has 0 aliphatic carbocycles. The Morgan fingerprint density at radius 3 is 2.83 bits per heavy atom. The molecule has 4 N–H and O–H groups in total. The predicted molar refractivity (Wildman–Crippen MR) is 50.9 cm³/mol. The van der Waals surface area contributed by atoms with Crippen molar-refractivity contribution in [3.05, 3.63) is 23.0 Å². The SMILES string of the molecule is CCC(N)c1ncc(Cl)cc1N. The molecule has 1 aromatic rings. The minimum Gasteiger partial charge on any atom is -0.397 e. The number of rotatable bonds is 2. The molecule has 0 bridgehead atoms. The summed E-state index contributed by atoms with van der Waals surface area (Å²) < 4.78 is 0. The van der Waals surface area contributed by atoms with E-state index in [-0.39, 0.29) is 6.04 Å². The van der Waals surface area contributed by atoms with E-state index in [1.165, 1.54) is 0 Å². The molecule has 1 rings (SSSR count). The first kappa shape index (κ1) is 9.29. The van der Waals surface area contributed by atoms with Crippen LogP contribution in [0.2, 0.25) is 5.02 Å². The van der Waals surface area contributed by atoms with Crippen molar-refractivity contribution in [2.75, 3.05) is 5.73 Å². The van der Waals surface area contributed by atoms with Crippen LogP contribution in [0.3, 0.4) is 0 Å². The Bertz CT molecular complexity index is 275. The van der Waals surface area contributed by atoms with Gasteiger partial charge in [-0.15, -0.1) is 0 Å². The summed E-state index contributed by atoms with van der Waals surface area (Å²) in [6, 6.07) is 1.57. The maximum atomic E-state index is 5.76. The topological polar surface area (TPSA) is 64.9 Å². The molecule has 0 aliphatic heterocycles. The van der Waals surface area contributed by atoms with Gasteiger partial charge in [0.15, 0.2) is 0 Å². The molecule has 66 valence electrons. The van der Waals surface area contributed by atoms with Gasteiger partial charge < -0.3 is 11.5 Å². The zero-order valence-electron chi connectivity index (χ0n) is 6.92. The van der Waals surface area contributed by atoms with Crippen molar-refractivity contribution in [3.8, 4) is 0 Å². The highest BCUT2D eigenvalue weighted by atomic mass is 35.5. The van der Waals surface area contributed by atoms with E-state index in [1.807, 2.05) is 6.92 Å². The van der Waals surface area contributed by atoms with Gasteiger partial charge in [0.05, 0.1) is 16.4 Å². The average molecular weight is 186 g/mol. The van der Waals surface area contributed by atoms with Crippen molar-refractivity contribution in [1.29, 1.82) is 0 Å². The summed E-state index contributed by atoms with van der Waals surface area (Å²) in [4.78, 5) is 4.07. The first-order valence-electron chi connectivity index (χ1n) is 3.81. The summed E-state index contributed by atoms with van der Waals surface area (Å²) >= 11 is 5.68.